The van der Waals surface area contributed by atoms with Gasteiger partial charge in [-0.2, -0.15) is 0 Å². The standard InChI is InChI=1S/C17H22O2.3C2H6/c1-6-10-14(9-4)17(16-12-18-16)19-15(11-7-2)13(5)8-3;3*1-2/h6-11,16-17H,1-2,4,12H2,3,5H3;3*1-2H3/b13-8-,14-10+,15-11+;;;. The van der Waals surface area contributed by atoms with Crippen LogP contribution in [0.4, 0.5) is 0 Å². The molecule has 25 heavy (non-hydrogen) atoms. The van der Waals surface area contributed by atoms with Gasteiger partial charge in [0.15, 0.2) is 6.10 Å². The molecule has 0 spiro atoms. The van der Waals surface area contributed by atoms with Crippen molar-refractivity contribution in [1.82, 2.24) is 0 Å². The average molecular weight is 349 g/mol. The molecule has 0 aromatic rings. The van der Waals surface area contributed by atoms with Gasteiger partial charge in [-0.25, -0.2) is 0 Å². The molecule has 0 saturated carbocycles. The highest BCUT2D eigenvalue weighted by molar-refractivity contribution is 5.32. The molecule has 0 aromatic carbocycles. The second-order valence-electron chi connectivity index (χ2n) is 4.26. The van der Waals surface area contributed by atoms with Crippen LogP contribution < -0.4 is 0 Å². The summed E-state index contributed by atoms with van der Waals surface area (Å²) in [5, 5.41) is 0. The molecule has 144 valence electrons. The van der Waals surface area contributed by atoms with Gasteiger partial charge in [-0.05, 0) is 31.1 Å². The van der Waals surface area contributed by atoms with Crippen molar-refractivity contribution in [2.75, 3.05) is 6.61 Å². The van der Waals surface area contributed by atoms with Crippen LogP contribution in [0.2, 0.25) is 0 Å². The lowest BCUT2D eigenvalue weighted by molar-refractivity contribution is 0.123. The molecule has 2 nitrogen and oxygen atoms in total. The third-order valence-corrected chi connectivity index (χ3v) is 2.92. The van der Waals surface area contributed by atoms with Gasteiger partial charge in [-0.3, -0.25) is 0 Å². The van der Waals surface area contributed by atoms with Crippen molar-refractivity contribution in [2.45, 2.75) is 67.6 Å². The second kappa shape index (κ2) is 20.2. The van der Waals surface area contributed by atoms with Crippen LogP contribution in [-0.4, -0.2) is 18.8 Å². The van der Waals surface area contributed by atoms with E-state index in [0.29, 0.717) is 6.61 Å². The molecule has 2 heteroatoms. The Labute approximate surface area is 157 Å². The maximum atomic E-state index is 6.08. The third-order valence-electron chi connectivity index (χ3n) is 2.92. The van der Waals surface area contributed by atoms with Crippen molar-refractivity contribution < 1.29 is 9.47 Å². The summed E-state index contributed by atoms with van der Waals surface area (Å²) < 4.78 is 11.5. The molecule has 1 heterocycles. The lowest BCUT2D eigenvalue weighted by atomic mass is 10.1. The van der Waals surface area contributed by atoms with Crippen LogP contribution in [0.15, 0.2) is 73.1 Å². The van der Waals surface area contributed by atoms with Crippen molar-refractivity contribution in [2.24, 2.45) is 0 Å². The van der Waals surface area contributed by atoms with E-state index in [1.165, 1.54) is 0 Å². The fraction of sp³-hybridized carbons (Fsp3) is 0.478. The van der Waals surface area contributed by atoms with E-state index in [4.69, 9.17) is 9.47 Å². The van der Waals surface area contributed by atoms with Crippen LogP contribution in [0, 0.1) is 0 Å². The molecule has 1 saturated heterocycles. The Kier molecular flexibility index (Phi) is 22.7. The van der Waals surface area contributed by atoms with Crippen molar-refractivity contribution in [1.29, 1.82) is 0 Å². The van der Waals surface area contributed by atoms with E-state index in [0.717, 1.165) is 16.9 Å². The minimum absolute atomic E-state index is 0.0853. The predicted octanol–water partition coefficient (Wildman–Crippen LogP) is 7.18. The lowest BCUT2D eigenvalue weighted by Gasteiger charge is -2.21. The van der Waals surface area contributed by atoms with E-state index in [2.05, 4.69) is 19.7 Å². The number of hydrogen-bond acceptors (Lipinski definition) is 2. The van der Waals surface area contributed by atoms with Gasteiger partial charge >= 0.3 is 0 Å². The Bertz CT molecular complexity index is 435. The summed E-state index contributed by atoms with van der Waals surface area (Å²) in [7, 11) is 0. The largest absolute Gasteiger partial charge is 0.483 e. The first-order valence-electron chi connectivity index (χ1n) is 9.37. The van der Waals surface area contributed by atoms with E-state index in [1.807, 2.05) is 73.6 Å². The SMILES string of the molecule is C=C/C=C(OC(/C(C=C)=C/C=C)C1CO1)\C(C)=C/C.CC.CC.CC. The van der Waals surface area contributed by atoms with Crippen molar-refractivity contribution in [3.63, 3.8) is 0 Å². The number of rotatable bonds is 8. The Morgan fingerprint density at radius 3 is 1.80 bits per heavy atom. The van der Waals surface area contributed by atoms with Crippen molar-refractivity contribution in [3.8, 4) is 0 Å². The van der Waals surface area contributed by atoms with Gasteiger partial charge in [0.1, 0.15) is 11.9 Å². The molecule has 1 fully saturated rings. The maximum absolute atomic E-state index is 6.08. The fourth-order valence-corrected chi connectivity index (χ4v) is 1.65. The van der Waals surface area contributed by atoms with Gasteiger partial charge in [0.2, 0.25) is 0 Å². The van der Waals surface area contributed by atoms with E-state index in [9.17, 15) is 0 Å². The van der Waals surface area contributed by atoms with Crippen molar-refractivity contribution >= 4 is 0 Å². The molecule has 0 aromatic heterocycles. The number of epoxide rings is 1. The highest BCUT2D eigenvalue weighted by Gasteiger charge is 2.36. The normalized spacial score (nSPS) is 17.1. The van der Waals surface area contributed by atoms with E-state index in [1.54, 1.807) is 18.2 Å². The van der Waals surface area contributed by atoms with Gasteiger partial charge in [-0.1, -0.05) is 91.7 Å². The van der Waals surface area contributed by atoms with Crippen LogP contribution >= 0.6 is 0 Å². The van der Waals surface area contributed by atoms with Crippen LogP contribution in [0.25, 0.3) is 0 Å². The fourth-order valence-electron chi connectivity index (χ4n) is 1.65. The zero-order chi connectivity index (χ0) is 20.3. The summed E-state index contributed by atoms with van der Waals surface area (Å²) in [5.41, 5.74) is 2.03. The first kappa shape index (κ1) is 28.0. The average Bonchev–Trinajstić information content (AvgIpc) is 3.53. The highest BCUT2D eigenvalue weighted by atomic mass is 16.6. The summed E-state index contributed by atoms with van der Waals surface area (Å²) >= 11 is 0. The summed E-state index contributed by atoms with van der Waals surface area (Å²) in [6.45, 7) is 28.0. The van der Waals surface area contributed by atoms with Crippen LogP contribution in [0.3, 0.4) is 0 Å². The molecular weight excluding hydrogens is 308 g/mol. The van der Waals surface area contributed by atoms with Crippen molar-refractivity contribution in [3.05, 3.63) is 73.1 Å². The molecule has 0 N–H and O–H groups in total. The quantitative estimate of drug-likeness (QED) is 0.263. The number of allylic oxidation sites excluding steroid dienone is 6. The molecule has 1 rings (SSSR count). The first-order chi connectivity index (χ1) is 12.2. The molecule has 2 unspecified atom stereocenters. The Morgan fingerprint density at radius 1 is 1.00 bits per heavy atom. The van der Waals surface area contributed by atoms with Gasteiger partial charge in [0, 0.05) is 0 Å². The van der Waals surface area contributed by atoms with E-state index >= 15 is 0 Å². The lowest BCUT2D eigenvalue weighted by Crippen LogP contribution is -2.22. The Morgan fingerprint density at radius 2 is 1.48 bits per heavy atom. The zero-order valence-corrected chi connectivity index (χ0v) is 17.8. The van der Waals surface area contributed by atoms with Crippen LogP contribution in [0.1, 0.15) is 55.4 Å². The molecule has 0 bridgehead atoms. The van der Waals surface area contributed by atoms with Crippen LogP contribution in [-0.2, 0) is 9.47 Å². The molecule has 1 aliphatic heterocycles. The highest BCUT2D eigenvalue weighted by Crippen LogP contribution is 2.28. The molecule has 0 aliphatic carbocycles. The molecule has 0 amide bonds. The third kappa shape index (κ3) is 12.2. The minimum Gasteiger partial charge on any atom is -0.483 e. The second-order valence-corrected chi connectivity index (χ2v) is 4.26. The van der Waals surface area contributed by atoms with Crippen LogP contribution in [0.5, 0.6) is 0 Å². The first-order valence-corrected chi connectivity index (χ1v) is 9.37. The van der Waals surface area contributed by atoms with Gasteiger partial charge in [0.05, 0.1) is 6.61 Å². The number of ether oxygens (including phenoxy) is 2. The molecule has 2 atom stereocenters. The maximum Gasteiger partial charge on any atom is 0.152 e. The monoisotopic (exact) mass is 348 g/mol. The Balaban J connectivity index is -0.000000725. The molecule has 1 aliphatic rings. The zero-order valence-electron chi connectivity index (χ0n) is 17.8. The summed E-state index contributed by atoms with van der Waals surface area (Å²) in [6, 6.07) is 0. The predicted molar refractivity (Wildman–Crippen MR) is 115 cm³/mol. The van der Waals surface area contributed by atoms with Gasteiger partial charge in [-0.15, -0.1) is 0 Å². The van der Waals surface area contributed by atoms with Gasteiger partial charge in [0.25, 0.3) is 0 Å². The molecule has 0 radical (unpaired) electrons. The summed E-state index contributed by atoms with van der Waals surface area (Å²) in [4.78, 5) is 0. The smallest absolute Gasteiger partial charge is 0.152 e. The summed E-state index contributed by atoms with van der Waals surface area (Å²) in [6.07, 6.45) is 10.9. The van der Waals surface area contributed by atoms with Gasteiger partial charge < -0.3 is 9.47 Å². The number of hydrogen-bond donors (Lipinski definition) is 0. The summed E-state index contributed by atoms with van der Waals surface area (Å²) in [5.74, 6) is 0.801. The molecular formula is C23H40O2. The topological polar surface area (TPSA) is 21.8 Å². The van der Waals surface area contributed by atoms with E-state index in [-0.39, 0.29) is 12.2 Å². The Hall–Kier alpha value is -1.80. The van der Waals surface area contributed by atoms with E-state index < -0.39 is 0 Å². The minimum atomic E-state index is -0.156.